The van der Waals surface area contributed by atoms with Crippen LogP contribution in [0, 0.1) is 16.0 Å². The molecule has 3 rings (SSSR count). The van der Waals surface area contributed by atoms with Crippen LogP contribution in [0.1, 0.15) is 38.6 Å². The molecule has 2 amide bonds. The molecule has 10 nitrogen and oxygen atoms in total. The monoisotopic (exact) mass is 493 g/mol. The Kier molecular flexibility index (Phi) is 6.94. The molecule has 2 aromatic rings. The van der Waals surface area contributed by atoms with E-state index in [1.807, 2.05) is 13.8 Å². The maximum Gasteiger partial charge on any atom is 0.407 e. The molecule has 1 aliphatic heterocycles. The molecule has 0 saturated carbocycles. The summed E-state index contributed by atoms with van der Waals surface area (Å²) >= 11 is 3.23. The molecule has 1 aromatic heterocycles. The number of imidazole rings is 1. The van der Waals surface area contributed by atoms with Gasteiger partial charge in [0.2, 0.25) is 5.91 Å². The molecule has 0 unspecified atom stereocenters. The number of methoxy groups -OCH3 is 1. The molecule has 11 heteroatoms. The summed E-state index contributed by atoms with van der Waals surface area (Å²) in [7, 11) is 1.26. The Balaban J connectivity index is 1.82. The number of carbonyl (C=O) groups excluding carboxylic acids is 2. The summed E-state index contributed by atoms with van der Waals surface area (Å²) in [5.41, 5.74) is 1.41. The lowest BCUT2D eigenvalue weighted by Crippen LogP contribution is -2.51. The Labute approximate surface area is 187 Å². The third-order valence-electron chi connectivity index (χ3n) is 5.29. The molecule has 0 bridgehead atoms. The minimum absolute atomic E-state index is 0.0195. The predicted molar refractivity (Wildman–Crippen MR) is 116 cm³/mol. The number of nitro benzene ring substituents is 1. The van der Waals surface area contributed by atoms with E-state index in [0.717, 1.165) is 18.4 Å². The van der Waals surface area contributed by atoms with E-state index < -0.39 is 17.1 Å². The zero-order valence-electron chi connectivity index (χ0n) is 17.4. The smallest absolute Gasteiger partial charge is 0.407 e. The molecule has 1 aromatic carbocycles. The fourth-order valence-corrected chi connectivity index (χ4v) is 4.19. The molecule has 2 heterocycles. The van der Waals surface area contributed by atoms with Crippen molar-refractivity contribution in [1.29, 1.82) is 0 Å². The van der Waals surface area contributed by atoms with Gasteiger partial charge in [-0.1, -0.05) is 13.8 Å². The number of nitro groups is 1. The number of halogens is 1. The fourth-order valence-electron chi connectivity index (χ4n) is 3.67. The van der Waals surface area contributed by atoms with Gasteiger partial charge in [0, 0.05) is 18.2 Å². The van der Waals surface area contributed by atoms with Gasteiger partial charge >= 0.3 is 6.09 Å². The van der Waals surface area contributed by atoms with E-state index in [4.69, 9.17) is 0 Å². The van der Waals surface area contributed by atoms with Gasteiger partial charge in [-0.3, -0.25) is 14.9 Å². The van der Waals surface area contributed by atoms with Crippen LogP contribution in [0.15, 0.2) is 28.9 Å². The Bertz CT molecular complexity index is 992. The summed E-state index contributed by atoms with van der Waals surface area (Å²) in [6, 6.07) is 3.78. The molecular weight excluding hydrogens is 470 g/mol. The lowest BCUT2D eigenvalue weighted by Gasteiger charge is -2.30. The van der Waals surface area contributed by atoms with Crippen LogP contribution >= 0.6 is 15.9 Å². The summed E-state index contributed by atoms with van der Waals surface area (Å²) in [5, 5.41) is 13.6. The highest BCUT2D eigenvalue weighted by molar-refractivity contribution is 9.10. The number of benzene rings is 1. The maximum atomic E-state index is 13.2. The molecule has 0 spiro atoms. The zero-order valence-corrected chi connectivity index (χ0v) is 19.0. The minimum atomic E-state index is -0.701. The lowest BCUT2D eigenvalue weighted by molar-refractivity contribution is -0.385. The third-order valence-corrected chi connectivity index (χ3v) is 5.93. The normalized spacial score (nSPS) is 16.9. The Morgan fingerprint density at radius 2 is 2.16 bits per heavy atom. The minimum Gasteiger partial charge on any atom is -0.453 e. The highest BCUT2D eigenvalue weighted by Crippen LogP contribution is 2.34. The first-order valence-corrected chi connectivity index (χ1v) is 10.7. The van der Waals surface area contributed by atoms with Crippen molar-refractivity contribution in [2.24, 2.45) is 5.92 Å². The van der Waals surface area contributed by atoms with Crippen LogP contribution in [0.3, 0.4) is 0 Å². The van der Waals surface area contributed by atoms with Gasteiger partial charge in [0.05, 0.1) is 34.4 Å². The molecule has 2 atom stereocenters. The molecule has 1 fully saturated rings. The van der Waals surface area contributed by atoms with Gasteiger partial charge < -0.3 is 19.9 Å². The molecular formula is C20H24BrN5O5. The molecule has 0 radical (unpaired) electrons. The van der Waals surface area contributed by atoms with Crippen molar-refractivity contribution < 1.29 is 19.2 Å². The van der Waals surface area contributed by atoms with Gasteiger partial charge in [-0.25, -0.2) is 9.78 Å². The van der Waals surface area contributed by atoms with E-state index in [0.29, 0.717) is 22.5 Å². The summed E-state index contributed by atoms with van der Waals surface area (Å²) < 4.78 is 5.03. The summed E-state index contributed by atoms with van der Waals surface area (Å²) in [5.74, 6) is 0.340. The molecule has 166 valence electrons. The van der Waals surface area contributed by atoms with Gasteiger partial charge in [-0.15, -0.1) is 0 Å². The maximum absolute atomic E-state index is 13.2. The fraction of sp³-hybridized carbons (Fsp3) is 0.450. The van der Waals surface area contributed by atoms with Crippen LogP contribution in [0.2, 0.25) is 0 Å². The molecule has 1 saturated heterocycles. The van der Waals surface area contributed by atoms with Crippen molar-refractivity contribution in [2.45, 2.75) is 38.8 Å². The highest BCUT2D eigenvalue weighted by atomic mass is 79.9. The molecule has 1 aliphatic rings. The highest BCUT2D eigenvalue weighted by Gasteiger charge is 2.37. The number of nitrogens with zero attached hydrogens (tertiary/aromatic N) is 3. The summed E-state index contributed by atoms with van der Waals surface area (Å²) in [6.07, 6.45) is 2.56. The second kappa shape index (κ2) is 9.46. The van der Waals surface area contributed by atoms with Crippen LogP contribution in [0.5, 0.6) is 0 Å². The first-order valence-electron chi connectivity index (χ1n) is 9.87. The summed E-state index contributed by atoms with van der Waals surface area (Å²) in [6.45, 7) is 4.29. The van der Waals surface area contributed by atoms with E-state index >= 15 is 0 Å². The second-order valence-electron chi connectivity index (χ2n) is 7.65. The second-order valence-corrected chi connectivity index (χ2v) is 8.51. The zero-order chi connectivity index (χ0) is 22.7. The SMILES string of the molecule is COC(=O)N[C@H](C(=O)N1CCC[C@H]1c1ncc(-c2ccc([N+](=O)[O-])c(Br)c2)[nH]1)C(C)C. The first kappa shape index (κ1) is 22.7. The van der Waals surface area contributed by atoms with E-state index in [1.54, 1.807) is 23.2 Å². The summed E-state index contributed by atoms with van der Waals surface area (Å²) in [4.78, 5) is 44.9. The first-order chi connectivity index (χ1) is 14.7. The quantitative estimate of drug-likeness (QED) is 0.464. The molecule has 0 aliphatic carbocycles. The van der Waals surface area contributed by atoms with Gasteiger partial charge in [0.25, 0.3) is 5.69 Å². The predicted octanol–water partition coefficient (Wildman–Crippen LogP) is 3.79. The number of aromatic nitrogens is 2. The number of rotatable bonds is 6. The Hall–Kier alpha value is -2.95. The molecule has 2 N–H and O–H groups in total. The number of hydrogen-bond acceptors (Lipinski definition) is 6. The van der Waals surface area contributed by atoms with Crippen molar-refractivity contribution in [2.75, 3.05) is 13.7 Å². The number of amides is 2. The Morgan fingerprint density at radius 3 is 2.77 bits per heavy atom. The van der Waals surface area contributed by atoms with Gasteiger partial charge in [-0.2, -0.15) is 0 Å². The van der Waals surface area contributed by atoms with E-state index in [2.05, 4.69) is 36.0 Å². The number of H-pyrrole nitrogens is 1. The van der Waals surface area contributed by atoms with Gasteiger partial charge in [0.1, 0.15) is 11.9 Å². The standard InChI is InChI=1S/C20H24BrN5O5/c1-11(2)17(24-20(28)31-3)19(27)25-8-4-5-16(25)18-22-10-14(23-18)12-6-7-15(26(29)30)13(21)9-12/h6-7,9-11,16-17H,4-5,8H2,1-3H3,(H,22,23)(H,24,28)/t16-,17-/m0/s1. The van der Waals surface area contributed by atoms with Gasteiger partial charge in [-0.05, 0) is 46.8 Å². The number of alkyl carbamates (subject to hydrolysis) is 1. The van der Waals surface area contributed by atoms with Crippen LogP contribution in [-0.2, 0) is 9.53 Å². The topological polar surface area (TPSA) is 130 Å². The average Bonchev–Trinajstić information content (AvgIpc) is 3.39. The van der Waals surface area contributed by atoms with Crippen molar-refractivity contribution in [3.05, 3.63) is 44.8 Å². The van der Waals surface area contributed by atoms with E-state index in [9.17, 15) is 19.7 Å². The van der Waals surface area contributed by atoms with E-state index in [-0.39, 0.29) is 23.6 Å². The Morgan fingerprint density at radius 1 is 1.42 bits per heavy atom. The van der Waals surface area contributed by atoms with Crippen LogP contribution < -0.4 is 5.32 Å². The molecule has 31 heavy (non-hydrogen) atoms. The number of likely N-dealkylation sites (tertiary alicyclic amines) is 1. The third kappa shape index (κ3) is 4.87. The van der Waals surface area contributed by atoms with Crippen LogP contribution in [0.25, 0.3) is 11.3 Å². The van der Waals surface area contributed by atoms with Gasteiger partial charge in [0.15, 0.2) is 0 Å². The van der Waals surface area contributed by atoms with Crippen molar-refractivity contribution in [3.8, 4) is 11.3 Å². The lowest BCUT2D eigenvalue weighted by atomic mass is 10.0. The van der Waals surface area contributed by atoms with Crippen LogP contribution in [0.4, 0.5) is 10.5 Å². The van der Waals surface area contributed by atoms with Crippen molar-refractivity contribution in [1.82, 2.24) is 20.2 Å². The number of carbonyl (C=O) groups is 2. The van der Waals surface area contributed by atoms with E-state index in [1.165, 1.54) is 13.2 Å². The average molecular weight is 494 g/mol. The number of hydrogen-bond donors (Lipinski definition) is 2. The number of nitrogens with one attached hydrogen (secondary N) is 2. The van der Waals surface area contributed by atoms with Crippen molar-refractivity contribution in [3.63, 3.8) is 0 Å². The number of aromatic amines is 1. The largest absolute Gasteiger partial charge is 0.453 e. The van der Waals surface area contributed by atoms with Crippen LogP contribution in [-0.4, -0.2) is 51.5 Å². The van der Waals surface area contributed by atoms with Crippen molar-refractivity contribution >= 4 is 33.6 Å². The number of ether oxygens (including phenoxy) is 1.